The molecule has 0 N–H and O–H groups in total. The third-order valence-corrected chi connectivity index (χ3v) is 4.31. The van der Waals surface area contributed by atoms with Gasteiger partial charge in [0.2, 0.25) is 0 Å². The predicted molar refractivity (Wildman–Crippen MR) is 93.3 cm³/mol. The van der Waals surface area contributed by atoms with E-state index in [1.54, 1.807) is 6.07 Å². The summed E-state index contributed by atoms with van der Waals surface area (Å²) >= 11 is 0. The molecule has 0 unspecified atom stereocenters. The summed E-state index contributed by atoms with van der Waals surface area (Å²) in [7, 11) is 0. The van der Waals surface area contributed by atoms with Crippen molar-refractivity contribution in [3.63, 3.8) is 0 Å². The van der Waals surface area contributed by atoms with Crippen molar-refractivity contribution in [3.05, 3.63) is 58.0 Å². The van der Waals surface area contributed by atoms with E-state index in [0.717, 1.165) is 34.7 Å². The van der Waals surface area contributed by atoms with E-state index in [1.165, 1.54) is 6.07 Å². The van der Waals surface area contributed by atoms with Gasteiger partial charge in [-0.2, -0.15) is 0 Å². The minimum atomic E-state index is -0.555. The summed E-state index contributed by atoms with van der Waals surface area (Å²) in [6.45, 7) is 4.30. The number of nitrogens with zero attached hydrogens (tertiary/aromatic N) is 2. The summed E-state index contributed by atoms with van der Waals surface area (Å²) < 4.78 is 20.3. The van der Waals surface area contributed by atoms with Crippen molar-refractivity contribution < 1.29 is 9.13 Å². The van der Waals surface area contributed by atoms with Crippen molar-refractivity contribution in [2.24, 2.45) is 4.99 Å². The lowest BCUT2D eigenvalue weighted by molar-refractivity contribution is 0.115. The summed E-state index contributed by atoms with van der Waals surface area (Å²) in [5.41, 5.74) is 1.76. The van der Waals surface area contributed by atoms with Crippen LogP contribution in [-0.4, -0.2) is 22.8 Å². The predicted octanol–water partition coefficient (Wildman–Crippen LogP) is 2.58. The molecule has 0 saturated carbocycles. The highest BCUT2D eigenvalue weighted by Gasteiger charge is 2.28. The SMILES string of the molecule is CC1(C)CN=C(c2cnc3c(c2)=CCCC=3)c2cccc(F)c2O1. The Kier molecular flexibility index (Phi) is 3.48. The summed E-state index contributed by atoms with van der Waals surface area (Å²) in [6.07, 6.45) is 8.20. The molecule has 0 saturated heterocycles. The van der Waals surface area contributed by atoms with Crippen molar-refractivity contribution in [2.45, 2.75) is 32.3 Å². The smallest absolute Gasteiger partial charge is 0.165 e. The molecule has 4 rings (SSSR count). The summed E-state index contributed by atoms with van der Waals surface area (Å²) in [5.74, 6) is -0.0898. The Balaban J connectivity index is 1.93. The van der Waals surface area contributed by atoms with E-state index >= 15 is 0 Å². The van der Waals surface area contributed by atoms with Crippen LogP contribution in [0.25, 0.3) is 12.2 Å². The normalized spacial score (nSPS) is 18.0. The largest absolute Gasteiger partial charge is 0.482 e. The third-order valence-electron chi connectivity index (χ3n) is 4.31. The zero-order chi connectivity index (χ0) is 16.7. The number of rotatable bonds is 1. The van der Waals surface area contributed by atoms with E-state index < -0.39 is 5.60 Å². The van der Waals surface area contributed by atoms with Gasteiger partial charge in [-0.3, -0.25) is 9.98 Å². The van der Waals surface area contributed by atoms with Gasteiger partial charge >= 0.3 is 0 Å². The first-order valence-corrected chi connectivity index (χ1v) is 8.23. The first-order chi connectivity index (χ1) is 11.5. The van der Waals surface area contributed by atoms with E-state index in [1.807, 2.05) is 26.1 Å². The van der Waals surface area contributed by atoms with E-state index in [0.29, 0.717) is 12.1 Å². The monoisotopic (exact) mass is 322 g/mol. The molecule has 0 amide bonds. The Bertz CT molecular complexity index is 960. The molecule has 0 atom stereocenters. The zero-order valence-electron chi connectivity index (χ0n) is 13.8. The molecule has 2 aromatic rings. The van der Waals surface area contributed by atoms with E-state index in [4.69, 9.17) is 9.73 Å². The fraction of sp³-hybridized carbons (Fsp3) is 0.300. The third kappa shape index (κ3) is 2.62. The molecule has 1 aromatic carbocycles. The topological polar surface area (TPSA) is 34.5 Å². The lowest BCUT2D eigenvalue weighted by Crippen LogP contribution is -2.31. The highest BCUT2D eigenvalue weighted by Crippen LogP contribution is 2.31. The van der Waals surface area contributed by atoms with Gasteiger partial charge in [-0.25, -0.2) is 4.39 Å². The van der Waals surface area contributed by atoms with Gasteiger partial charge < -0.3 is 4.74 Å². The molecule has 24 heavy (non-hydrogen) atoms. The highest BCUT2D eigenvalue weighted by molar-refractivity contribution is 6.14. The van der Waals surface area contributed by atoms with Crippen molar-refractivity contribution in [2.75, 3.05) is 6.54 Å². The molecule has 4 heteroatoms. The summed E-state index contributed by atoms with van der Waals surface area (Å²) in [4.78, 5) is 9.29. The van der Waals surface area contributed by atoms with E-state index in [-0.39, 0.29) is 11.6 Å². The molecular formula is C20H19FN2O. The molecule has 0 radical (unpaired) electrons. The Labute approximate surface area is 140 Å². The van der Waals surface area contributed by atoms with Crippen LogP contribution in [0.2, 0.25) is 0 Å². The number of hydrogen-bond donors (Lipinski definition) is 0. The molecule has 1 aliphatic heterocycles. The van der Waals surface area contributed by atoms with Crippen LogP contribution >= 0.6 is 0 Å². The molecule has 2 aliphatic rings. The maximum Gasteiger partial charge on any atom is 0.165 e. The van der Waals surface area contributed by atoms with Crippen LogP contribution in [0.4, 0.5) is 4.39 Å². The van der Waals surface area contributed by atoms with Gasteiger partial charge in [0, 0.05) is 17.3 Å². The quantitative estimate of drug-likeness (QED) is 0.809. The van der Waals surface area contributed by atoms with Crippen molar-refractivity contribution >= 4 is 17.9 Å². The number of halogens is 1. The average molecular weight is 322 g/mol. The van der Waals surface area contributed by atoms with Gasteiger partial charge in [0.1, 0.15) is 5.60 Å². The Morgan fingerprint density at radius 2 is 2.00 bits per heavy atom. The Morgan fingerprint density at radius 1 is 1.17 bits per heavy atom. The van der Waals surface area contributed by atoms with Gasteiger partial charge in [0.25, 0.3) is 0 Å². The van der Waals surface area contributed by atoms with Gasteiger partial charge in [-0.15, -0.1) is 0 Å². The zero-order valence-corrected chi connectivity index (χ0v) is 13.8. The molecule has 0 spiro atoms. The molecule has 3 nitrogen and oxygen atoms in total. The number of aliphatic imine (C=N–C) groups is 1. The van der Waals surface area contributed by atoms with Crippen LogP contribution < -0.4 is 15.3 Å². The van der Waals surface area contributed by atoms with Gasteiger partial charge in [-0.1, -0.05) is 18.2 Å². The molecule has 0 fully saturated rings. The lowest BCUT2D eigenvalue weighted by Gasteiger charge is -2.23. The van der Waals surface area contributed by atoms with Gasteiger partial charge in [-0.05, 0) is 50.1 Å². The van der Waals surface area contributed by atoms with Gasteiger partial charge in [0.05, 0.1) is 17.6 Å². The number of hydrogen-bond acceptors (Lipinski definition) is 3. The lowest BCUT2D eigenvalue weighted by atomic mass is 10.0. The molecule has 122 valence electrons. The van der Waals surface area contributed by atoms with E-state index in [2.05, 4.69) is 23.2 Å². The average Bonchev–Trinajstić information content (AvgIpc) is 2.71. The van der Waals surface area contributed by atoms with Crippen LogP contribution in [0.5, 0.6) is 5.75 Å². The number of aromatic nitrogens is 1. The van der Waals surface area contributed by atoms with Gasteiger partial charge in [0.15, 0.2) is 11.6 Å². The first-order valence-electron chi connectivity index (χ1n) is 8.23. The van der Waals surface area contributed by atoms with Crippen molar-refractivity contribution in [3.8, 4) is 5.75 Å². The summed E-state index contributed by atoms with van der Waals surface area (Å²) in [6, 6.07) is 7.06. The fourth-order valence-corrected chi connectivity index (χ4v) is 3.12. The molecular weight excluding hydrogens is 303 g/mol. The fourth-order valence-electron chi connectivity index (χ4n) is 3.12. The Hall–Kier alpha value is -2.49. The number of ether oxygens (including phenoxy) is 1. The minimum Gasteiger partial charge on any atom is -0.482 e. The molecule has 1 aliphatic carbocycles. The number of para-hydroxylation sites is 1. The second-order valence-electron chi connectivity index (χ2n) is 6.83. The van der Waals surface area contributed by atoms with Crippen LogP contribution in [0.1, 0.15) is 37.8 Å². The molecule has 0 bridgehead atoms. The standard InChI is InChI=1S/C20H19FN2O/c1-20(2)12-23-18(15-7-5-8-16(21)19(15)24-20)14-10-13-6-3-4-9-17(13)22-11-14/h5-11H,3-4,12H2,1-2H3. The summed E-state index contributed by atoms with van der Waals surface area (Å²) in [5, 5.41) is 2.12. The van der Waals surface area contributed by atoms with Crippen molar-refractivity contribution in [1.82, 2.24) is 4.98 Å². The van der Waals surface area contributed by atoms with Crippen LogP contribution in [0, 0.1) is 5.82 Å². The number of benzene rings is 1. The minimum absolute atomic E-state index is 0.270. The second kappa shape index (κ2) is 5.55. The highest BCUT2D eigenvalue weighted by atomic mass is 19.1. The van der Waals surface area contributed by atoms with Crippen LogP contribution in [0.3, 0.4) is 0 Å². The van der Waals surface area contributed by atoms with E-state index in [9.17, 15) is 4.39 Å². The number of pyridine rings is 1. The maximum atomic E-state index is 14.4. The maximum absolute atomic E-state index is 14.4. The van der Waals surface area contributed by atoms with Crippen LogP contribution in [0.15, 0.2) is 35.5 Å². The van der Waals surface area contributed by atoms with Crippen molar-refractivity contribution in [1.29, 1.82) is 0 Å². The molecule has 2 heterocycles. The Morgan fingerprint density at radius 3 is 2.88 bits per heavy atom. The van der Waals surface area contributed by atoms with Crippen LogP contribution in [-0.2, 0) is 0 Å². The first kappa shape index (κ1) is 15.1. The molecule has 1 aromatic heterocycles. The second-order valence-corrected chi connectivity index (χ2v) is 6.83. The number of fused-ring (bicyclic) bond motifs is 2.